The van der Waals surface area contributed by atoms with Gasteiger partial charge in [0.05, 0.1) is 12.1 Å². The van der Waals surface area contributed by atoms with Crippen LogP contribution >= 0.6 is 11.6 Å². The standard InChI is InChI=1S/C9H16ClN3O2S/c1-4-13(7(2)3)16(14,15)9-8(5-10)6-11-12-9/h6-7H,4-5H2,1-3H3,(H,11,12). The molecule has 1 aromatic rings. The Morgan fingerprint density at radius 1 is 1.56 bits per heavy atom. The van der Waals surface area contributed by atoms with Crippen LogP contribution in [0.1, 0.15) is 26.3 Å². The van der Waals surface area contributed by atoms with Crippen molar-refractivity contribution in [1.82, 2.24) is 14.5 Å². The molecule has 0 aliphatic heterocycles. The predicted molar refractivity (Wildman–Crippen MR) is 62.8 cm³/mol. The average molecular weight is 266 g/mol. The average Bonchev–Trinajstić information content (AvgIpc) is 2.65. The predicted octanol–water partition coefficient (Wildman–Crippen LogP) is 1.57. The van der Waals surface area contributed by atoms with E-state index < -0.39 is 10.0 Å². The number of nitrogens with one attached hydrogen (secondary N) is 1. The molecule has 0 aliphatic carbocycles. The van der Waals surface area contributed by atoms with Crippen molar-refractivity contribution < 1.29 is 8.42 Å². The van der Waals surface area contributed by atoms with Crippen LogP contribution in [0.5, 0.6) is 0 Å². The van der Waals surface area contributed by atoms with E-state index in [0.29, 0.717) is 12.1 Å². The van der Waals surface area contributed by atoms with E-state index in [9.17, 15) is 8.42 Å². The first-order valence-electron chi connectivity index (χ1n) is 5.05. The van der Waals surface area contributed by atoms with Crippen LogP contribution in [0.25, 0.3) is 0 Å². The molecule has 0 fully saturated rings. The van der Waals surface area contributed by atoms with Crippen LogP contribution in [-0.4, -0.2) is 35.5 Å². The van der Waals surface area contributed by atoms with Crippen molar-refractivity contribution in [2.75, 3.05) is 6.54 Å². The molecule has 16 heavy (non-hydrogen) atoms. The fourth-order valence-electron chi connectivity index (χ4n) is 1.55. The fourth-order valence-corrected chi connectivity index (χ4v) is 3.58. The fraction of sp³-hybridized carbons (Fsp3) is 0.667. The highest BCUT2D eigenvalue weighted by Gasteiger charge is 2.29. The Morgan fingerprint density at radius 3 is 2.62 bits per heavy atom. The van der Waals surface area contributed by atoms with Crippen LogP contribution < -0.4 is 0 Å². The van der Waals surface area contributed by atoms with Gasteiger partial charge in [-0.3, -0.25) is 5.10 Å². The largest absolute Gasteiger partial charge is 0.266 e. The molecule has 0 saturated carbocycles. The van der Waals surface area contributed by atoms with Crippen LogP contribution in [0, 0.1) is 0 Å². The highest BCUT2D eigenvalue weighted by molar-refractivity contribution is 7.89. The minimum absolute atomic E-state index is 0.0954. The van der Waals surface area contributed by atoms with E-state index in [0.717, 1.165) is 0 Å². The number of nitrogens with zero attached hydrogens (tertiary/aromatic N) is 2. The molecule has 1 aromatic heterocycles. The van der Waals surface area contributed by atoms with Crippen LogP contribution in [0.4, 0.5) is 0 Å². The van der Waals surface area contributed by atoms with Crippen molar-refractivity contribution in [1.29, 1.82) is 0 Å². The van der Waals surface area contributed by atoms with Gasteiger partial charge in [-0.25, -0.2) is 8.42 Å². The van der Waals surface area contributed by atoms with Gasteiger partial charge >= 0.3 is 0 Å². The number of H-pyrrole nitrogens is 1. The Labute approximate surface area is 101 Å². The third-order valence-corrected chi connectivity index (χ3v) is 4.73. The lowest BCUT2D eigenvalue weighted by atomic mass is 10.4. The summed E-state index contributed by atoms with van der Waals surface area (Å²) in [4.78, 5) is 0. The van der Waals surface area contributed by atoms with E-state index in [-0.39, 0.29) is 16.9 Å². The summed E-state index contributed by atoms with van der Waals surface area (Å²) in [6.45, 7) is 5.88. The summed E-state index contributed by atoms with van der Waals surface area (Å²) in [5.41, 5.74) is 0.501. The highest BCUT2D eigenvalue weighted by atomic mass is 35.5. The maximum absolute atomic E-state index is 12.2. The van der Waals surface area contributed by atoms with Gasteiger partial charge in [0, 0.05) is 18.2 Å². The molecule has 0 spiro atoms. The summed E-state index contributed by atoms with van der Waals surface area (Å²) in [6.07, 6.45) is 1.44. The van der Waals surface area contributed by atoms with Crippen LogP contribution in [0.15, 0.2) is 11.2 Å². The topological polar surface area (TPSA) is 66.1 Å². The molecule has 7 heteroatoms. The van der Waals surface area contributed by atoms with E-state index in [1.807, 2.05) is 13.8 Å². The van der Waals surface area contributed by atoms with Crippen molar-refractivity contribution in [3.63, 3.8) is 0 Å². The molecular weight excluding hydrogens is 250 g/mol. The van der Waals surface area contributed by atoms with E-state index in [4.69, 9.17) is 11.6 Å². The zero-order valence-electron chi connectivity index (χ0n) is 9.57. The van der Waals surface area contributed by atoms with E-state index in [1.165, 1.54) is 10.5 Å². The van der Waals surface area contributed by atoms with Gasteiger partial charge in [0.25, 0.3) is 10.0 Å². The number of hydrogen-bond acceptors (Lipinski definition) is 3. The molecule has 0 saturated heterocycles. The quantitative estimate of drug-likeness (QED) is 0.822. The van der Waals surface area contributed by atoms with Gasteiger partial charge in [-0.2, -0.15) is 9.40 Å². The lowest BCUT2D eigenvalue weighted by molar-refractivity contribution is 0.367. The Hall–Kier alpha value is -0.590. The lowest BCUT2D eigenvalue weighted by Crippen LogP contribution is -2.37. The molecule has 0 aliphatic rings. The second kappa shape index (κ2) is 5.16. The summed E-state index contributed by atoms with van der Waals surface area (Å²) >= 11 is 5.66. The van der Waals surface area contributed by atoms with Gasteiger partial charge in [-0.05, 0) is 13.8 Å². The Morgan fingerprint density at radius 2 is 2.19 bits per heavy atom. The molecule has 1 heterocycles. The molecular formula is C9H16ClN3O2S. The zero-order valence-corrected chi connectivity index (χ0v) is 11.1. The smallest absolute Gasteiger partial charge is 0.260 e. The van der Waals surface area contributed by atoms with Crippen molar-refractivity contribution in [3.8, 4) is 0 Å². The van der Waals surface area contributed by atoms with Crippen LogP contribution in [0.3, 0.4) is 0 Å². The molecule has 0 atom stereocenters. The summed E-state index contributed by atoms with van der Waals surface area (Å²) in [7, 11) is -3.52. The number of aromatic nitrogens is 2. The summed E-state index contributed by atoms with van der Waals surface area (Å²) in [5, 5.41) is 6.32. The monoisotopic (exact) mass is 265 g/mol. The lowest BCUT2D eigenvalue weighted by Gasteiger charge is -2.23. The zero-order chi connectivity index (χ0) is 12.3. The first-order valence-corrected chi connectivity index (χ1v) is 7.02. The van der Waals surface area contributed by atoms with E-state index in [2.05, 4.69) is 10.2 Å². The van der Waals surface area contributed by atoms with Crippen molar-refractivity contribution in [2.45, 2.75) is 37.7 Å². The molecule has 92 valence electrons. The molecule has 0 bridgehead atoms. The number of aromatic amines is 1. The molecule has 0 aromatic carbocycles. The molecule has 1 rings (SSSR count). The third-order valence-electron chi connectivity index (χ3n) is 2.28. The second-order valence-corrected chi connectivity index (χ2v) is 5.75. The first-order chi connectivity index (χ1) is 7.45. The van der Waals surface area contributed by atoms with Gasteiger partial charge in [0.1, 0.15) is 0 Å². The molecule has 0 radical (unpaired) electrons. The van der Waals surface area contributed by atoms with Gasteiger partial charge in [-0.1, -0.05) is 6.92 Å². The minimum Gasteiger partial charge on any atom is -0.266 e. The number of rotatable bonds is 5. The van der Waals surface area contributed by atoms with Gasteiger partial charge in [0.15, 0.2) is 5.03 Å². The number of alkyl halides is 1. The summed E-state index contributed by atoms with van der Waals surface area (Å²) in [5.74, 6) is 0.126. The molecule has 0 unspecified atom stereocenters. The Balaban J connectivity index is 3.20. The van der Waals surface area contributed by atoms with Crippen molar-refractivity contribution in [3.05, 3.63) is 11.8 Å². The van der Waals surface area contributed by atoms with Crippen LogP contribution in [-0.2, 0) is 15.9 Å². The first kappa shape index (κ1) is 13.5. The maximum Gasteiger partial charge on any atom is 0.260 e. The number of hydrogen-bond donors (Lipinski definition) is 1. The molecule has 1 N–H and O–H groups in total. The van der Waals surface area contributed by atoms with Gasteiger partial charge in [0.2, 0.25) is 0 Å². The number of sulfonamides is 1. The number of halogens is 1. The van der Waals surface area contributed by atoms with E-state index >= 15 is 0 Å². The van der Waals surface area contributed by atoms with Gasteiger partial charge in [-0.15, -0.1) is 11.6 Å². The minimum atomic E-state index is -3.52. The van der Waals surface area contributed by atoms with E-state index in [1.54, 1.807) is 6.92 Å². The summed E-state index contributed by atoms with van der Waals surface area (Å²) in [6, 6.07) is -0.0959. The Bertz CT molecular complexity index is 441. The Kier molecular flexibility index (Phi) is 4.35. The van der Waals surface area contributed by atoms with Crippen LogP contribution in [0.2, 0.25) is 0 Å². The molecule has 5 nitrogen and oxygen atoms in total. The normalized spacial score (nSPS) is 12.6. The maximum atomic E-state index is 12.2. The summed E-state index contributed by atoms with van der Waals surface area (Å²) < 4.78 is 25.9. The highest BCUT2D eigenvalue weighted by Crippen LogP contribution is 2.20. The SMILES string of the molecule is CCN(C(C)C)S(=O)(=O)c1[nH]ncc1CCl. The van der Waals surface area contributed by atoms with Gasteiger partial charge < -0.3 is 0 Å². The second-order valence-electron chi connectivity index (χ2n) is 3.66. The molecule has 0 amide bonds. The van der Waals surface area contributed by atoms with Crippen molar-refractivity contribution >= 4 is 21.6 Å². The van der Waals surface area contributed by atoms with Crippen molar-refractivity contribution in [2.24, 2.45) is 0 Å². The third kappa shape index (κ3) is 2.39.